The van der Waals surface area contributed by atoms with Crippen molar-refractivity contribution in [3.05, 3.63) is 58.1 Å². The van der Waals surface area contributed by atoms with Gasteiger partial charge < -0.3 is 29.6 Å². The van der Waals surface area contributed by atoms with E-state index in [0.717, 1.165) is 6.07 Å². The lowest BCUT2D eigenvalue weighted by Gasteiger charge is -2.19. The summed E-state index contributed by atoms with van der Waals surface area (Å²) >= 11 is 0. The lowest BCUT2D eigenvalue weighted by Crippen LogP contribution is -2.20. The van der Waals surface area contributed by atoms with Crippen LogP contribution in [-0.2, 0) is 11.3 Å². The van der Waals surface area contributed by atoms with Crippen molar-refractivity contribution < 1.29 is 23.4 Å². The molecule has 10 nitrogen and oxygen atoms in total. The van der Waals surface area contributed by atoms with Crippen molar-refractivity contribution in [2.24, 2.45) is 0 Å². The SMILES string of the molecule is CNc1cc(F)c(F)c2c1[nH]c1ncc(-c3cnc4c(c3)c(=O)c(C(=O)O)cn4CCOC)c(N(C)C)c12. The van der Waals surface area contributed by atoms with Crippen molar-refractivity contribution in [1.82, 2.24) is 19.5 Å². The predicted molar refractivity (Wildman–Crippen MR) is 141 cm³/mol. The molecule has 0 aliphatic carbocycles. The van der Waals surface area contributed by atoms with E-state index in [0.29, 0.717) is 44.7 Å². The van der Waals surface area contributed by atoms with Crippen LogP contribution in [0.4, 0.5) is 20.2 Å². The number of nitrogens with one attached hydrogen (secondary N) is 2. The van der Waals surface area contributed by atoms with Gasteiger partial charge >= 0.3 is 5.97 Å². The molecule has 0 amide bonds. The van der Waals surface area contributed by atoms with Gasteiger partial charge in [0.1, 0.15) is 16.9 Å². The Morgan fingerprint density at radius 3 is 2.63 bits per heavy atom. The van der Waals surface area contributed by atoms with E-state index >= 15 is 4.39 Å². The molecule has 0 saturated carbocycles. The summed E-state index contributed by atoms with van der Waals surface area (Å²) in [5.41, 5.74) is 1.74. The highest BCUT2D eigenvalue weighted by Crippen LogP contribution is 2.42. The van der Waals surface area contributed by atoms with E-state index in [4.69, 9.17) is 4.74 Å². The molecular formula is C26H24F2N6O4. The zero-order valence-corrected chi connectivity index (χ0v) is 21.0. The minimum atomic E-state index is -1.36. The Morgan fingerprint density at radius 2 is 1.97 bits per heavy atom. The molecule has 0 fully saturated rings. The maximum absolute atomic E-state index is 15.2. The van der Waals surface area contributed by atoms with E-state index in [1.165, 1.54) is 19.5 Å². The molecule has 0 aliphatic heterocycles. The number of ether oxygens (including phenoxy) is 1. The Morgan fingerprint density at radius 1 is 1.21 bits per heavy atom. The van der Waals surface area contributed by atoms with Gasteiger partial charge in [-0.25, -0.2) is 23.5 Å². The van der Waals surface area contributed by atoms with Crippen LogP contribution in [0, 0.1) is 11.6 Å². The lowest BCUT2D eigenvalue weighted by molar-refractivity contribution is 0.0694. The normalized spacial score (nSPS) is 11.5. The minimum absolute atomic E-state index is 0.0335. The Balaban J connectivity index is 1.85. The van der Waals surface area contributed by atoms with E-state index in [1.54, 1.807) is 42.9 Å². The molecule has 0 spiro atoms. The molecule has 5 rings (SSSR count). The van der Waals surface area contributed by atoms with Crippen LogP contribution < -0.4 is 15.6 Å². The molecule has 4 aromatic heterocycles. The number of aromatic carboxylic acids is 1. The van der Waals surface area contributed by atoms with Crippen molar-refractivity contribution >= 4 is 50.3 Å². The van der Waals surface area contributed by atoms with Gasteiger partial charge in [0.25, 0.3) is 0 Å². The van der Waals surface area contributed by atoms with Gasteiger partial charge in [0.15, 0.2) is 11.6 Å². The van der Waals surface area contributed by atoms with E-state index in [1.807, 2.05) is 0 Å². The smallest absolute Gasteiger partial charge is 0.341 e. The first-order valence-electron chi connectivity index (χ1n) is 11.6. The van der Waals surface area contributed by atoms with Gasteiger partial charge in [-0.1, -0.05) is 0 Å². The number of carboxylic acid groups (broad SMARTS) is 1. The van der Waals surface area contributed by atoms with Crippen LogP contribution in [0.25, 0.3) is 44.1 Å². The Hall–Kier alpha value is -4.58. The number of hydrogen-bond donors (Lipinski definition) is 3. The van der Waals surface area contributed by atoms with Gasteiger partial charge in [0, 0.05) is 70.6 Å². The third-order valence-corrected chi connectivity index (χ3v) is 6.47. The summed E-state index contributed by atoms with van der Waals surface area (Å²) in [5.74, 6) is -3.39. The van der Waals surface area contributed by atoms with Crippen LogP contribution in [0.3, 0.4) is 0 Å². The second-order valence-electron chi connectivity index (χ2n) is 8.94. The third kappa shape index (κ3) is 3.80. The second-order valence-corrected chi connectivity index (χ2v) is 8.94. The van der Waals surface area contributed by atoms with Crippen molar-refractivity contribution in [3.8, 4) is 11.1 Å². The van der Waals surface area contributed by atoms with Gasteiger partial charge in [0.2, 0.25) is 5.43 Å². The summed E-state index contributed by atoms with van der Waals surface area (Å²) in [7, 11) is 6.62. The average Bonchev–Trinajstić information content (AvgIpc) is 3.29. The Bertz CT molecular complexity index is 1810. The number of fused-ring (bicyclic) bond motifs is 4. The highest BCUT2D eigenvalue weighted by Gasteiger charge is 2.24. The number of aromatic amines is 1. The highest BCUT2D eigenvalue weighted by atomic mass is 19.2. The van der Waals surface area contributed by atoms with Gasteiger partial charge in [-0.2, -0.15) is 0 Å². The lowest BCUT2D eigenvalue weighted by atomic mass is 10.0. The number of aromatic nitrogens is 4. The number of anilines is 2. The Labute approximate surface area is 214 Å². The molecular weight excluding hydrogens is 498 g/mol. The molecule has 0 aliphatic rings. The summed E-state index contributed by atoms with van der Waals surface area (Å²) < 4.78 is 36.4. The fourth-order valence-corrected chi connectivity index (χ4v) is 4.75. The molecule has 0 bridgehead atoms. The van der Waals surface area contributed by atoms with Crippen LogP contribution in [0.1, 0.15) is 10.4 Å². The Kier molecular flexibility index (Phi) is 6.19. The van der Waals surface area contributed by atoms with Crippen molar-refractivity contribution in [1.29, 1.82) is 0 Å². The van der Waals surface area contributed by atoms with Crippen LogP contribution in [0.15, 0.2) is 35.5 Å². The number of rotatable bonds is 7. The summed E-state index contributed by atoms with van der Waals surface area (Å²) in [6.45, 7) is 0.563. The van der Waals surface area contributed by atoms with Gasteiger partial charge in [0.05, 0.1) is 39.7 Å². The van der Waals surface area contributed by atoms with Crippen LogP contribution in [0.2, 0.25) is 0 Å². The maximum Gasteiger partial charge on any atom is 0.341 e. The molecule has 0 saturated heterocycles. The molecule has 5 aromatic rings. The van der Waals surface area contributed by atoms with E-state index in [-0.39, 0.29) is 23.9 Å². The molecule has 1 aromatic carbocycles. The average molecular weight is 523 g/mol. The van der Waals surface area contributed by atoms with Gasteiger partial charge in [-0.15, -0.1) is 0 Å². The summed E-state index contributed by atoms with van der Waals surface area (Å²) in [4.78, 5) is 38.6. The first-order valence-corrected chi connectivity index (χ1v) is 11.6. The summed E-state index contributed by atoms with van der Waals surface area (Å²) in [6.07, 6.45) is 4.33. The topological polar surface area (TPSA) is 125 Å². The van der Waals surface area contributed by atoms with Crippen LogP contribution >= 0.6 is 0 Å². The first-order chi connectivity index (χ1) is 18.2. The second kappa shape index (κ2) is 9.38. The largest absolute Gasteiger partial charge is 0.477 e. The zero-order valence-electron chi connectivity index (χ0n) is 21.0. The number of H-pyrrole nitrogens is 1. The van der Waals surface area contributed by atoms with E-state index in [2.05, 4.69) is 20.3 Å². The number of methoxy groups -OCH3 is 1. The quantitative estimate of drug-likeness (QED) is 0.295. The van der Waals surface area contributed by atoms with Crippen molar-refractivity contribution in [2.45, 2.75) is 6.54 Å². The van der Waals surface area contributed by atoms with E-state index in [9.17, 15) is 19.1 Å². The molecule has 3 N–H and O–H groups in total. The minimum Gasteiger partial charge on any atom is -0.477 e. The fourth-order valence-electron chi connectivity index (χ4n) is 4.75. The molecule has 0 radical (unpaired) electrons. The molecule has 196 valence electrons. The standard InChI is InChI=1S/C26H24F2N6O4/c1-29-17-8-16(27)20(28)18-19-22(33(2)3)14(10-30-24(19)32-21(17)18)12-7-13-23(35)15(26(36)37)11-34(5-6-38-4)25(13)31-9-12/h7-11,29H,5-6H2,1-4H3,(H,30,32)(H,36,37). The number of hydrogen-bond acceptors (Lipinski definition) is 7. The van der Waals surface area contributed by atoms with Crippen molar-refractivity contribution in [3.63, 3.8) is 0 Å². The molecule has 38 heavy (non-hydrogen) atoms. The molecule has 12 heteroatoms. The van der Waals surface area contributed by atoms with Gasteiger partial charge in [-0.05, 0) is 6.07 Å². The van der Waals surface area contributed by atoms with E-state index < -0.39 is 28.6 Å². The maximum atomic E-state index is 15.2. The monoisotopic (exact) mass is 522 g/mol. The third-order valence-electron chi connectivity index (χ3n) is 6.47. The summed E-state index contributed by atoms with van der Waals surface area (Å²) in [6, 6.07) is 2.62. The van der Waals surface area contributed by atoms with Crippen LogP contribution in [-0.4, -0.2) is 65.5 Å². The highest BCUT2D eigenvalue weighted by molar-refractivity contribution is 6.18. The van der Waals surface area contributed by atoms with Crippen molar-refractivity contribution in [2.75, 3.05) is 45.1 Å². The molecule has 0 atom stereocenters. The van der Waals surface area contributed by atoms with Crippen LogP contribution in [0.5, 0.6) is 0 Å². The van der Waals surface area contributed by atoms with Gasteiger partial charge in [-0.3, -0.25) is 4.79 Å². The first kappa shape index (κ1) is 25.1. The zero-order chi connectivity index (χ0) is 27.3. The molecule has 4 heterocycles. The summed E-state index contributed by atoms with van der Waals surface area (Å²) in [5, 5.41) is 13.0. The number of pyridine rings is 3. The number of carboxylic acids is 1. The fraction of sp³-hybridized carbons (Fsp3) is 0.231. The number of halogens is 2. The number of benzene rings is 1. The number of carbonyl (C=O) groups is 1. The molecule has 0 unspecified atom stereocenters. The number of nitrogens with zero attached hydrogens (tertiary/aromatic N) is 4. The predicted octanol–water partition coefficient (Wildman–Crippen LogP) is 3.82.